The Morgan fingerprint density at radius 2 is 1.64 bits per heavy atom. The van der Waals surface area contributed by atoms with Gasteiger partial charge in [-0.05, 0) is 43.5 Å². The highest BCUT2D eigenvalue weighted by molar-refractivity contribution is 5.90. The molecule has 22 heavy (non-hydrogen) atoms. The van der Waals surface area contributed by atoms with Crippen LogP contribution in [-0.4, -0.2) is 35.7 Å². The summed E-state index contributed by atoms with van der Waals surface area (Å²) in [5.41, 5.74) is 17.5. The van der Waals surface area contributed by atoms with Gasteiger partial charge >= 0.3 is 11.9 Å². The smallest absolute Gasteiger partial charge is 0.330 e. The minimum absolute atomic E-state index is 0.124. The Morgan fingerprint density at radius 1 is 1.05 bits per heavy atom. The summed E-state index contributed by atoms with van der Waals surface area (Å²) in [5.74, 6) is -1.46. The molecule has 7 nitrogen and oxygen atoms in total. The molecule has 1 aromatic carbocycles. The van der Waals surface area contributed by atoms with Crippen LogP contribution in [0.2, 0.25) is 0 Å². The highest BCUT2D eigenvalue weighted by atomic mass is 16.6. The minimum Gasteiger partial charge on any atom is -0.508 e. The molecule has 0 saturated carbocycles. The van der Waals surface area contributed by atoms with E-state index in [2.05, 4.69) is 0 Å². The first-order valence-electron chi connectivity index (χ1n) is 7.18. The van der Waals surface area contributed by atoms with Gasteiger partial charge in [-0.25, -0.2) is 9.59 Å². The Bertz CT molecular complexity index is 490. The second-order valence-corrected chi connectivity index (χ2v) is 5.11. The van der Waals surface area contributed by atoms with Crippen LogP contribution in [0.3, 0.4) is 0 Å². The van der Waals surface area contributed by atoms with Crippen molar-refractivity contribution in [3.63, 3.8) is 0 Å². The number of phenolic OH excluding ortho intramolecular Hbond substituents is 1. The molecule has 0 aliphatic heterocycles. The third kappa shape index (κ3) is 6.21. The third-order valence-electron chi connectivity index (χ3n) is 3.17. The summed E-state index contributed by atoms with van der Waals surface area (Å²) in [6.07, 6.45) is 2.07. The lowest BCUT2D eigenvalue weighted by molar-refractivity contribution is -0.161. The lowest BCUT2D eigenvalue weighted by atomic mass is 10.1. The number of phenols is 1. The van der Waals surface area contributed by atoms with Gasteiger partial charge in [-0.15, -0.1) is 0 Å². The second kappa shape index (κ2) is 9.14. The number of hydrogen-bond acceptors (Lipinski definition) is 7. The van der Waals surface area contributed by atoms with Crippen molar-refractivity contribution >= 4 is 11.9 Å². The van der Waals surface area contributed by atoms with E-state index in [-0.39, 0.29) is 12.2 Å². The monoisotopic (exact) mass is 309 g/mol. The van der Waals surface area contributed by atoms with Gasteiger partial charge in [-0.3, -0.25) is 0 Å². The van der Waals surface area contributed by atoms with E-state index in [1.165, 1.54) is 12.1 Å². The molecule has 0 unspecified atom stereocenters. The number of hydrogen-bond donors (Lipinski definition) is 4. The molecule has 7 heteroatoms. The zero-order valence-corrected chi connectivity index (χ0v) is 12.4. The number of carbonyl (C=O) groups excluding carboxylic acids is 2. The van der Waals surface area contributed by atoms with E-state index in [0.717, 1.165) is 12.0 Å². The third-order valence-corrected chi connectivity index (χ3v) is 3.17. The van der Waals surface area contributed by atoms with E-state index in [4.69, 9.17) is 21.9 Å². The average Bonchev–Trinajstić information content (AvgIpc) is 2.49. The number of nitrogens with two attached hydrogens (primary N) is 3. The van der Waals surface area contributed by atoms with E-state index >= 15 is 0 Å². The molecule has 0 amide bonds. The maximum absolute atomic E-state index is 11.8. The second-order valence-electron chi connectivity index (χ2n) is 5.11. The topological polar surface area (TPSA) is 142 Å². The molecule has 0 radical (unpaired) electrons. The van der Waals surface area contributed by atoms with E-state index in [1.807, 2.05) is 0 Å². The summed E-state index contributed by atoms with van der Waals surface area (Å²) in [5, 5.41) is 9.18. The fourth-order valence-electron chi connectivity index (χ4n) is 1.85. The van der Waals surface area contributed by atoms with E-state index in [0.29, 0.717) is 19.4 Å². The molecule has 0 aliphatic rings. The number of carbonyl (C=O) groups is 2. The maximum Gasteiger partial charge on any atom is 0.330 e. The molecule has 0 bridgehead atoms. The standard InChI is InChI=1S/C15H23N3O4/c16-8-2-1-3-12(17)14(20)22-15(21)13(18)9-10-4-6-11(19)7-5-10/h4-7,12-13,19H,1-3,8-9,16-18H2/t12-,13-/m0/s1. The van der Waals surface area contributed by atoms with Crippen molar-refractivity contribution in [1.29, 1.82) is 0 Å². The van der Waals surface area contributed by atoms with Crippen molar-refractivity contribution in [2.45, 2.75) is 37.8 Å². The minimum atomic E-state index is -0.968. The lowest BCUT2D eigenvalue weighted by Gasteiger charge is -2.13. The highest BCUT2D eigenvalue weighted by Gasteiger charge is 2.23. The Labute approximate surface area is 129 Å². The van der Waals surface area contributed by atoms with Crippen LogP contribution in [0.15, 0.2) is 24.3 Å². The fraction of sp³-hybridized carbons (Fsp3) is 0.467. The molecule has 1 aromatic rings. The van der Waals surface area contributed by atoms with Gasteiger partial charge < -0.3 is 27.0 Å². The van der Waals surface area contributed by atoms with E-state index in [1.54, 1.807) is 12.1 Å². The maximum atomic E-state index is 11.8. The van der Waals surface area contributed by atoms with Crippen LogP contribution in [0.4, 0.5) is 0 Å². The summed E-state index contributed by atoms with van der Waals surface area (Å²) < 4.78 is 4.69. The molecule has 0 aromatic heterocycles. The molecule has 0 fully saturated rings. The van der Waals surface area contributed by atoms with Crippen molar-refractivity contribution in [1.82, 2.24) is 0 Å². The molecule has 0 heterocycles. The zero-order valence-electron chi connectivity index (χ0n) is 12.4. The van der Waals surface area contributed by atoms with Crippen molar-refractivity contribution < 1.29 is 19.4 Å². The summed E-state index contributed by atoms with van der Waals surface area (Å²) in [6, 6.07) is 4.45. The Morgan fingerprint density at radius 3 is 2.23 bits per heavy atom. The normalized spacial score (nSPS) is 13.4. The quantitative estimate of drug-likeness (QED) is 0.295. The van der Waals surface area contributed by atoms with Gasteiger partial charge in [0.05, 0.1) is 0 Å². The van der Waals surface area contributed by atoms with Gasteiger partial charge in [-0.2, -0.15) is 0 Å². The summed E-state index contributed by atoms with van der Waals surface area (Å²) in [6.45, 7) is 0.526. The van der Waals surface area contributed by atoms with Gasteiger partial charge in [0.15, 0.2) is 0 Å². The summed E-state index contributed by atoms with van der Waals surface area (Å²) in [7, 11) is 0. The van der Waals surface area contributed by atoms with Gasteiger partial charge in [0.2, 0.25) is 0 Å². The first-order valence-corrected chi connectivity index (χ1v) is 7.18. The molecule has 7 N–H and O–H groups in total. The predicted molar refractivity (Wildman–Crippen MR) is 81.8 cm³/mol. The van der Waals surface area contributed by atoms with Gasteiger partial charge in [0.25, 0.3) is 0 Å². The predicted octanol–water partition coefficient (Wildman–Crippen LogP) is -0.212. The number of ether oxygens (including phenoxy) is 1. The number of unbranched alkanes of at least 4 members (excludes halogenated alkanes) is 1. The summed E-state index contributed by atoms with van der Waals surface area (Å²) >= 11 is 0. The van der Waals surface area contributed by atoms with Gasteiger partial charge in [-0.1, -0.05) is 18.6 Å². The van der Waals surface area contributed by atoms with E-state index in [9.17, 15) is 14.7 Å². The number of aromatic hydroxyl groups is 1. The Kier molecular flexibility index (Phi) is 7.51. The Balaban J connectivity index is 2.42. The SMILES string of the molecule is NCCCC[C@H](N)C(=O)OC(=O)[C@@H](N)Cc1ccc(O)cc1. The largest absolute Gasteiger partial charge is 0.508 e. The van der Waals surface area contributed by atoms with Crippen molar-refractivity contribution in [2.75, 3.05) is 6.54 Å². The molecule has 0 spiro atoms. The van der Waals surface area contributed by atoms with Crippen LogP contribution in [-0.2, 0) is 20.7 Å². The van der Waals surface area contributed by atoms with Crippen LogP contribution in [0.25, 0.3) is 0 Å². The van der Waals surface area contributed by atoms with Crippen molar-refractivity contribution in [3.05, 3.63) is 29.8 Å². The highest BCUT2D eigenvalue weighted by Crippen LogP contribution is 2.11. The van der Waals surface area contributed by atoms with Gasteiger partial charge in [0, 0.05) is 0 Å². The first-order chi connectivity index (χ1) is 10.4. The van der Waals surface area contributed by atoms with Crippen LogP contribution in [0.5, 0.6) is 5.75 Å². The number of rotatable bonds is 8. The molecule has 1 rings (SSSR count). The van der Waals surface area contributed by atoms with Crippen LogP contribution < -0.4 is 17.2 Å². The van der Waals surface area contributed by atoms with Crippen LogP contribution in [0, 0.1) is 0 Å². The lowest BCUT2D eigenvalue weighted by Crippen LogP contribution is -2.40. The average molecular weight is 309 g/mol. The fourth-order valence-corrected chi connectivity index (χ4v) is 1.85. The number of benzene rings is 1. The van der Waals surface area contributed by atoms with E-state index < -0.39 is 24.0 Å². The first kappa shape index (κ1) is 18.1. The molecular formula is C15H23N3O4. The van der Waals surface area contributed by atoms with Crippen molar-refractivity contribution in [2.24, 2.45) is 17.2 Å². The van der Waals surface area contributed by atoms with Crippen LogP contribution in [0.1, 0.15) is 24.8 Å². The number of esters is 2. The molecule has 0 saturated heterocycles. The Hall–Kier alpha value is -1.96. The molecule has 2 atom stereocenters. The summed E-state index contributed by atoms with van der Waals surface area (Å²) in [4.78, 5) is 23.4. The molecule has 122 valence electrons. The molecule has 0 aliphatic carbocycles. The van der Waals surface area contributed by atoms with Gasteiger partial charge in [0.1, 0.15) is 17.8 Å². The molecular weight excluding hydrogens is 286 g/mol. The zero-order chi connectivity index (χ0) is 16.5. The van der Waals surface area contributed by atoms with Crippen molar-refractivity contribution in [3.8, 4) is 5.75 Å². The van der Waals surface area contributed by atoms with Crippen LogP contribution >= 0.6 is 0 Å².